The first-order valence-corrected chi connectivity index (χ1v) is 7.90. The lowest BCUT2D eigenvalue weighted by molar-refractivity contribution is 0.520. The summed E-state index contributed by atoms with van der Waals surface area (Å²) in [7, 11) is -3.44. The molecule has 0 aliphatic carbocycles. The Balaban J connectivity index is 2.59. The molecule has 0 radical (unpaired) electrons. The molecular formula is C14H20N2O2S. The van der Waals surface area contributed by atoms with Crippen LogP contribution in [0, 0.1) is 0 Å². The van der Waals surface area contributed by atoms with Crippen LogP contribution in [0.15, 0.2) is 35.9 Å². The Bertz CT molecular complexity index is 589. The fourth-order valence-electron chi connectivity index (χ4n) is 2.36. The molecule has 0 bridgehead atoms. The van der Waals surface area contributed by atoms with E-state index in [1.807, 2.05) is 51.1 Å². The third kappa shape index (κ3) is 2.73. The SMILES string of the molecule is CCNCC1=C(c2ccccc2)S(=O)(=O)NC1(C)C. The summed E-state index contributed by atoms with van der Waals surface area (Å²) in [6.07, 6.45) is 0. The van der Waals surface area contributed by atoms with E-state index < -0.39 is 15.6 Å². The number of hydrogen-bond donors (Lipinski definition) is 2. The smallest absolute Gasteiger partial charge is 0.242 e. The van der Waals surface area contributed by atoms with Crippen LogP contribution in [0.2, 0.25) is 0 Å². The van der Waals surface area contributed by atoms with Crippen molar-refractivity contribution in [1.29, 1.82) is 0 Å². The molecule has 1 heterocycles. The number of rotatable bonds is 4. The highest BCUT2D eigenvalue weighted by atomic mass is 32.2. The summed E-state index contributed by atoms with van der Waals surface area (Å²) >= 11 is 0. The summed E-state index contributed by atoms with van der Waals surface area (Å²) in [6.45, 7) is 7.18. The molecule has 0 amide bonds. The van der Waals surface area contributed by atoms with Crippen molar-refractivity contribution in [3.8, 4) is 0 Å². The van der Waals surface area contributed by atoms with Crippen LogP contribution in [0.25, 0.3) is 4.91 Å². The maximum atomic E-state index is 12.4. The summed E-state index contributed by atoms with van der Waals surface area (Å²) in [5, 5.41) is 3.22. The standard InChI is InChI=1S/C14H20N2O2S/c1-4-15-10-12-13(11-8-6-5-7-9-11)19(17,18)16-14(12,2)3/h5-9,15-16H,4,10H2,1-3H3. The first-order chi connectivity index (χ1) is 8.88. The number of nitrogens with one attached hydrogen (secondary N) is 2. The third-order valence-corrected chi connectivity index (χ3v) is 5.07. The highest BCUT2D eigenvalue weighted by molar-refractivity contribution is 7.99. The number of likely N-dealkylation sites (N-methyl/N-ethyl adjacent to an activating group) is 1. The summed E-state index contributed by atoms with van der Waals surface area (Å²) in [5.41, 5.74) is 1.08. The molecule has 4 nitrogen and oxygen atoms in total. The van der Waals surface area contributed by atoms with E-state index in [2.05, 4.69) is 10.0 Å². The third-order valence-electron chi connectivity index (χ3n) is 3.27. The van der Waals surface area contributed by atoms with Crippen molar-refractivity contribution in [2.75, 3.05) is 13.1 Å². The summed E-state index contributed by atoms with van der Waals surface area (Å²) in [4.78, 5) is 0.416. The van der Waals surface area contributed by atoms with E-state index in [1.54, 1.807) is 0 Å². The molecule has 1 aliphatic heterocycles. The summed E-state index contributed by atoms with van der Waals surface area (Å²) < 4.78 is 27.4. The normalized spacial score (nSPS) is 20.8. The molecule has 0 aromatic heterocycles. The zero-order valence-electron chi connectivity index (χ0n) is 11.5. The highest BCUT2D eigenvalue weighted by Gasteiger charge is 2.42. The molecule has 0 saturated carbocycles. The molecule has 0 unspecified atom stereocenters. The van der Waals surface area contributed by atoms with E-state index in [4.69, 9.17) is 0 Å². The highest BCUT2D eigenvalue weighted by Crippen LogP contribution is 2.37. The van der Waals surface area contributed by atoms with Gasteiger partial charge in [-0.3, -0.25) is 0 Å². The predicted octanol–water partition coefficient (Wildman–Crippen LogP) is 1.72. The van der Waals surface area contributed by atoms with Gasteiger partial charge < -0.3 is 5.32 Å². The Morgan fingerprint density at radius 3 is 2.42 bits per heavy atom. The van der Waals surface area contributed by atoms with Crippen molar-refractivity contribution >= 4 is 14.9 Å². The molecule has 0 atom stereocenters. The molecule has 19 heavy (non-hydrogen) atoms. The molecular weight excluding hydrogens is 260 g/mol. The van der Waals surface area contributed by atoms with E-state index in [0.29, 0.717) is 11.4 Å². The number of benzene rings is 1. The van der Waals surface area contributed by atoms with Gasteiger partial charge in [-0.05, 0) is 31.5 Å². The Kier molecular flexibility index (Phi) is 3.80. The van der Waals surface area contributed by atoms with Crippen molar-refractivity contribution in [3.05, 3.63) is 41.5 Å². The first-order valence-electron chi connectivity index (χ1n) is 6.42. The topological polar surface area (TPSA) is 58.2 Å². The second kappa shape index (κ2) is 5.07. The van der Waals surface area contributed by atoms with Crippen LogP contribution < -0.4 is 10.0 Å². The molecule has 0 fully saturated rings. The second-order valence-electron chi connectivity index (χ2n) is 5.18. The Labute approximate surface area is 115 Å². The maximum Gasteiger partial charge on any atom is 0.242 e. The van der Waals surface area contributed by atoms with Gasteiger partial charge in [-0.15, -0.1) is 0 Å². The van der Waals surface area contributed by atoms with Crippen molar-refractivity contribution in [2.45, 2.75) is 26.3 Å². The number of sulfonamides is 1. The Hall–Kier alpha value is -1.17. The molecule has 1 aromatic carbocycles. The molecule has 1 aromatic rings. The first kappa shape index (κ1) is 14.2. The van der Waals surface area contributed by atoms with Gasteiger partial charge in [0.2, 0.25) is 10.0 Å². The van der Waals surface area contributed by atoms with Gasteiger partial charge in [0.15, 0.2) is 0 Å². The monoisotopic (exact) mass is 280 g/mol. The van der Waals surface area contributed by atoms with Crippen LogP contribution in [-0.2, 0) is 10.0 Å². The van der Waals surface area contributed by atoms with Gasteiger partial charge in [-0.25, -0.2) is 13.1 Å². The summed E-state index contributed by atoms with van der Waals surface area (Å²) in [6, 6.07) is 9.26. The Morgan fingerprint density at radius 2 is 1.84 bits per heavy atom. The van der Waals surface area contributed by atoms with Gasteiger partial charge >= 0.3 is 0 Å². The average Bonchev–Trinajstić information content (AvgIpc) is 2.52. The van der Waals surface area contributed by atoms with Crippen LogP contribution in [0.3, 0.4) is 0 Å². The molecule has 2 N–H and O–H groups in total. The van der Waals surface area contributed by atoms with Crippen LogP contribution in [0.1, 0.15) is 26.3 Å². The lowest BCUT2D eigenvalue weighted by atomic mass is 9.93. The number of hydrogen-bond acceptors (Lipinski definition) is 3. The molecule has 1 aliphatic rings. The van der Waals surface area contributed by atoms with Gasteiger partial charge in [0.1, 0.15) is 0 Å². The maximum absolute atomic E-state index is 12.4. The molecule has 0 spiro atoms. The van der Waals surface area contributed by atoms with Gasteiger partial charge in [-0.2, -0.15) is 0 Å². The van der Waals surface area contributed by atoms with Gasteiger partial charge in [0, 0.05) is 6.54 Å². The fraction of sp³-hybridized carbons (Fsp3) is 0.429. The average molecular weight is 280 g/mol. The van der Waals surface area contributed by atoms with Crippen LogP contribution >= 0.6 is 0 Å². The minimum absolute atomic E-state index is 0.416. The molecule has 2 rings (SSSR count). The molecule has 0 saturated heterocycles. The van der Waals surface area contributed by atoms with E-state index in [1.165, 1.54) is 0 Å². The van der Waals surface area contributed by atoms with E-state index in [-0.39, 0.29) is 0 Å². The van der Waals surface area contributed by atoms with Gasteiger partial charge in [0.25, 0.3) is 0 Å². The largest absolute Gasteiger partial charge is 0.313 e. The lowest BCUT2D eigenvalue weighted by Gasteiger charge is -2.21. The van der Waals surface area contributed by atoms with Crippen molar-refractivity contribution in [1.82, 2.24) is 10.0 Å². The van der Waals surface area contributed by atoms with Crippen molar-refractivity contribution < 1.29 is 8.42 Å². The zero-order valence-corrected chi connectivity index (χ0v) is 12.3. The van der Waals surface area contributed by atoms with Crippen LogP contribution in [0.5, 0.6) is 0 Å². The Morgan fingerprint density at radius 1 is 1.21 bits per heavy atom. The van der Waals surface area contributed by atoms with E-state index in [0.717, 1.165) is 17.7 Å². The van der Waals surface area contributed by atoms with Gasteiger partial charge in [0.05, 0.1) is 10.4 Å². The molecule has 104 valence electrons. The minimum atomic E-state index is -3.44. The minimum Gasteiger partial charge on any atom is -0.313 e. The quantitative estimate of drug-likeness (QED) is 0.883. The molecule has 5 heteroatoms. The fourth-order valence-corrected chi connectivity index (χ4v) is 4.36. The van der Waals surface area contributed by atoms with Crippen LogP contribution in [-0.4, -0.2) is 27.0 Å². The van der Waals surface area contributed by atoms with E-state index >= 15 is 0 Å². The van der Waals surface area contributed by atoms with Crippen molar-refractivity contribution in [2.24, 2.45) is 0 Å². The van der Waals surface area contributed by atoms with E-state index in [9.17, 15) is 8.42 Å². The van der Waals surface area contributed by atoms with Gasteiger partial charge in [-0.1, -0.05) is 37.3 Å². The predicted molar refractivity (Wildman–Crippen MR) is 78.0 cm³/mol. The zero-order chi connectivity index (χ0) is 14.1. The van der Waals surface area contributed by atoms with Crippen LogP contribution in [0.4, 0.5) is 0 Å². The lowest BCUT2D eigenvalue weighted by Crippen LogP contribution is -2.40. The summed E-state index contributed by atoms with van der Waals surface area (Å²) in [5.74, 6) is 0. The van der Waals surface area contributed by atoms with Crippen molar-refractivity contribution in [3.63, 3.8) is 0 Å². The second-order valence-corrected chi connectivity index (χ2v) is 6.80.